The molecule has 4 nitrogen and oxygen atoms in total. The van der Waals surface area contributed by atoms with E-state index in [-0.39, 0.29) is 11.8 Å². The first-order valence-corrected chi connectivity index (χ1v) is 7.61. The van der Waals surface area contributed by atoms with Gasteiger partial charge in [0.25, 0.3) is 0 Å². The minimum atomic E-state index is -0.519. The second-order valence-electron chi connectivity index (χ2n) is 5.79. The normalized spacial score (nSPS) is 12.2. The van der Waals surface area contributed by atoms with E-state index in [0.29, 0.717) is 5.82 Å². The van der Waals surface area contributed by atoms with Gasteiger partial charge in [0.05, 0.1) is 6.04 Å². The Labute approximate surface area is 131 Å². The van der Waals surface area contributed by atoms with Gasteiger partial charge in [-0.15, -0.1) is 0 Å². The molecule has 22 heavy (non-hydrogen) atoms. The molecule has 3 N–H and O–H groups in total. The number of nitrogens with zero attached hydrogens (tertiary/aromatic N) is 1. The molecule has 116 valence electrons. The highest BCUT2D eigenvalue weighted by atomic mass is 16.2. The van der Waals surface area contributed by atoms with Crippen LogP contribution in [-0.2, 0) is 17.6 Å². The molecule has 0 saturated heterocycles. The summed E-state index contributed by atoms with van der Waals surface area (Å²) in [7, 11) is 0. The number of carbonyl (C=O) groups excluding carboxylic acids is 1. The molecule has 2 rings (SSSR count). The van der Waals surface area contributed by atoms with Crippen LogP contribution < -0.4 is 11.1 Å². The Morgan fingerprint density at radius 3 is 2.50 bits per heavy atom. The van der Waals surface area contributed by atoms with Crippen molar-refractivity contribution in [1.29, 1.82) is 0 Å². The van der Waals surface area contributed by atoms with E-state index in [2.05, 4.69) is 22.4 Å². The van der Waals surface area contributed by atoms with Crippen LogP contribution in [0.15, 0.2) is 48.7 Å². The number of carbonyl (C=O) groups is 1. The number of aromatic nitrogens is 1. The number of rotatable bonds is 6. The zero-order valence-electron chi connectivity index (χ0n) is 13.1. The molecule has 0 unspecified atom stereocenters. The van der Waals surface area contributed by atoms with E-state index >= 15 is 0 Å². The summed E-state index contributed by atoms with van der Waals surface area (Å²) in [5.74, 6) is 0.468. The van der Waals surface area contributed by atoms with Crippen molar-refractivity contribution in [2.24, 2.45) is 11.7 Å². The van der Waals surface area contributed by atoms with Gasteiger partial charge in [0.1, 0.15) is 5.82 Å². The molecule has 4 heteroatoms. The first-order chi connectivity index (χ1) is 10.6. The molecular formula is C18H23N3O. The van der Waals surface area contributed by atoms with Crippen molar-refractivity contribution in [1.82, 2.24) is 4.98 Å². The minimum Gasteiger partial charge on any atom is -0.320 e. The zero-order valence-corrected chi connectivity index (χ0v) is 13.1. The quantitative estimate of drug-likeness (QED) is 0.861. The maximum absolute atomic E-state index is 12.0. The van der Waals surface area contributed by atoms with E-state index in [0.717, 1.165) is 18.4 Å². The fourth-order valence-electron chi connectivity index (χ4n) is 2.14. The second-order valence-corrected chi connectivity index (χ2v) is 5.79. The Morgan fingerprint density at radius 1 is 1.14 bits per heavy atom. The van der Waals surface area contributed by atoms with E-state index in [9.17, 15) is 4.79 Å². The van der Waals surface area contributed by atoms with Gasteiger partial charge in [0, 0.05) is 6.20 Å². The van der Waals surface area contributed by atoms with E-state index in [1.54, 1.807) is 6.20 Å². The Balaban J connectivity index is 1.96. The van der Waals surface area contributed by atoms with Gasteiger partial charge in [-0.3, -0.25) is 4.79 Å². The van der Waals surface area contributed by atoms with Crippen molar-refractivity contribution in [2.75, 3.05) is 5.32 Å². The third-order valence-electron chi connectivity index (χ3n) is 3.64. The SMILES string of the molecule is CC(C)[C@H](N)C(=O)Nc1cc(CCc2ccccc2)ccn1. The van der Waals surface area contributed by atoms with Crippen molar-refractivity contribution in [3.8, 4) is 0 Å². The number of hydrogen-bond donors (Lipinski definition) is 2. The Morgan fingerprint density at radius 2 is 1.82 bits per heavy atom. The Hall–Kier alpha value is -2.20. The third-order valence-corrected chi connectivity index (χ3v) is 3.64. The number of aryl methyl sites for hydroxylation is 2. The second kappa shape index (κ2) is 7.71. The summed E-state index contributed by atoms with van der Waals surface area (Å²) < 4.78 is 0. The molecule has 0 spiro atoms. The molecule has 0 radical (unpaired) electrons. The molecule has 1 aromatic heterocycles. The molecule has 1 atom stereocenters. The summed E-state index contributed by atoms with van der Waals surface area (Å²) in [5.41, 5.74) is 8.28. The van der Waals surface area contributed by atoms with Crippen LogP contribution in [0.1, 0.15) is 25.0 Å². The van der Waals surface area contributed by atoms with Crippen molar-refractivity contribution >= 4 is 11.7 Å². The molecule has 0 aliphatic carbocycles. The topological polar surface area (TPSA) is 68.0 Å². The summed E-state index contributed by atoms with van der Waals surface area (Å²) in [6.45, 7) is 3.85. The summed E-state index contributed by atoms with van der Waals surface area (Å²) >= 11 is 0. The van der Waals surface area contributed by atoms with Crippen LogP contribution in [0.5, 0.6) is 0 Å². The molecule has 0 fully saturated rings. The fraction of sp³-hybridized carbons (Fsp3) is 0.333. The van der Waals surface area contributed by atoms with Crippen molar-refractivity contribution < 1.29 is 4.79 Å². The molecule has 1 heterocycles. The van der Waals surface area contributed by atoms with Gasteiger partial charge in [0.15, 0.2) is 0 Å². The molecule has 0 bridgehead atoms. The van der Waals surface area contributed by atoms with Gasteiger partial charge < -0.3 is 11.1 Å². The predicted molar refractivity (Wildman–Crippen MR) is 89.5 cm³/mol. The smallest absolute Gasteiger partial charge is 0.242 e. The molecule has 1 aromatic carbocycles. The standard InChI is InChI=1S/C18H23N3O/c1-13(2)17(19)18(22)21-16-12-15(10-11-20-16)9-8-14-6-4-3-5-7-14/h3-7,10-13,17H,8-9,19H2,1-2H3,(H,20,21,22)/t17-/m0/s1. The van der Waals surface area contributed by atoms with Gasteiger partial charge in [-0.2, -0.15) is 0 Å². The lowest BCUT2D eigenvalue weighted by atomic mass is 10.0. The maximum Gasteiger partial charge on any atom is 0.242 e. The monoisotopic (exact) mass is 297 g/mol. The number of nitrogens with one attached hydrogen (secondary N) is 1. The maximum atomic E-state index is 12.0. The average molecular weight is 297 g/mol. The van der Waals surface area contributed by atoms with E-state index < -0.39 is 6.04 Å². The molecular weight excluding hydrogens is 274 g/mol. The fourth-order valence-corrected chi connectivity index (χ4v) is 2.14. The lowest BCUT2D eigenvalue weighted by molar-refractivity contribution is -0.118. The van der Waals surface area contributed by atoms with Crippen molar-refractivity contribution in [3.63, 3.8) is 0 Å². The summed E-state index contributed by atoms with van der Waals surface area (Å²) in [4.78, 5) is 16.2. The molecule has 1 amide bonds. The summed E-state index contributed by atoms with van der Waals surface area (Å²) in [6, 6.07) is 13.7. The third kappa shape index (κ3) is 4.67. The molecule has 0 aliphatic rings. The Bertz CT molecular complexity index is 611. The van der Waals surface area contributed by atoms with E-state index in [1.807, 2.05) is 44.2 Å². The number of pyridine rings is 1. The Kier molecular flexibility index (Phi) is 5.67. The van der Waals surface area contributed by atoms with Crippen LogP contribution in [-0.4, -0.2) is 16.9 Å². The lowest BCUT2D eigenvalue weighted by Crippen LogP contribution is -2.39. The van der Waals surface area contributed by atoms with Gasteiger partial charge in [-0.1, -0.05) is 44.2 Å². The summed E-state index contributed by atoms with van der Waals surface area (Å²) in [6.07, 6.45) is 3.59. The van der Waals surface area contributed by atoms with Gasteiger partial charge in [-0.05, 0) is 42.0 Å². The largest absolute Gasteiger partial charge is 0.320 e. The number of anilines is 1. The molecule has 2 aromatic rings. The average Bonchev–Trinajstić information content (AvgIpc) is 2.53. The molecule has 0 aliphatic heterocycles. The van der Waals surface area contributed by atoms with Crippen molar-refractivity contribution in [3.05, 3.63) is 59.8 Å². The first kappa shape index (κ1) is 16.2. The van der Waals surface area contributed by atoms with Crippen LogP contribution in [0.4, 0.5) is 5.82 Å². The highest BCUT2D eigenvalue weighted by molar-refractivity contribution is 5.94. The summed E-state index contributed by atoms with van der Waals surface area (Å²) in [5, 5.41) is 2.79. The van der Waals surface area contributed by atoms with Crippen LogP contribution in [0.3, 0.4) is 0 Å². The van der Waals surface area contributed by atoms with E-state index in [1.165, 1.54) is 5.56 Å². The molecule has 0 saturated carbocycles. The lowest BCUT2D eigenvalue weighted by Gasteiger charge is -2.15. The van der Waals surface area contributed by atoms with Crippen LogP contribution in [0.25, 0.3) is 0 Å². The van der Waals surface area contributed by atoms with Gasteiger partial charge >= 0.3 is 0 Å². The highest BCUT2D eigenvalue weighted by Crippen LogP contribution is 2.12. The van der Waals surface area contributed by atoms with Crippen LogP contribution in [0, 0.1) is 5.92 Å². The zero-order chi connectivity index (χ0) is 15.9. The van der Waals surface area contributed by atoms with Crippen LogP contribution >= 0.6 is 0 Å². The number of hydrogen-bond acceptors (Lipinski definition) is 3. The number of nitrogens with two attached hydrogens (primary N) is 1. The van der Waals surface area contributed by atoms with Crippen molar-refractivity contribution in [2.45, 2.75) is 32.7 Å². The van der Waals surface area contributed by atoms with Crippen LogP contribution in [0.2, 0.25) is 0 Å². The number of benzene rings is 1. The van der Waals surface area contributed by atoms with E-state index in [4.69, 9.17) is 5.73 Å². The van der Waals surface area contributed by atoms with Gasteiger partial charge in [-0.25, -0.2) is 4.98 Å². The first-order valence-electron chi connectivity index (χ1n) is 7.61. The highest BCUT2D eigenvalue weighted by Gasteiger charge is 2.17. The predicted octanol–water partition coefficient (Wildman–Crippen LogP) is 2.79. The minimum absolute atomic E-state index is 0.0984. The number of amides is 1. The van der Waals surface area contributed by atoms with Gasteiger partial charge in [0.2, 0.25) is 5.91 Å².